The summed E-state index contributed by atoms with van der Waals surface area (Å²) in [7, 11) is 0. The molecule has 1 fully saturated rings. The number of carboxylic acids is 1. The predicted octanol–water partition coefficient (Wildman–Crippen LogP) is 4.54. The second-order valence-electron chi connectivity index (χ2n) is 10.7. The first kappa shape index (κ1) is 27.4. The highest BCUT2D eigenvalue weighted by Crippen LogP contribution is 2.44. The largest absolute Gasteiger partial charge is 0.481 e. The molecule has 0 radical (unpaired) electrons. The normalized spacial score (nSPS) is 19.2. The number of nitrogens with zero attached hydrogens (tertiary/aromatic N) is 1. The Bertz CT molecular complexity index is 1320. The summed E-state index contributed by atoms with van der Waals surface area (Å²) >= 11 is 0. The van der Waals surface area contributed by atoms with Crippen LogP contribution in [-0.4, -0.2) is 59.3 Å². The number of fused-ring (bicyclic) bond motifs is 3. The Hall–Kier alpha value is -4.17. The van der Waals surface area contributed by atoms with Crippen LogP contribution in [0, 0.1) is 0 Å². The van der Waals surface area contributed by atoms with Gasteiger partial charge in [-0.1, -0.05) is 78.9 Å². The molecular formula is C32H35N3O5. The molecule has 5 rings (SSSR count). The van der Waals surface area contributed by atoms with Crippen LogP contribution >= 0.6 is 0 Å². The van der Waals surface area contributed by atoms with E-state index in [4.69, 9.17) is 4.74 Å². The highest BCUT2D eigenvalue weighted by atomic mass is 16.5. The first-order valence-electron chi connectivity index (χ1n) is 13.8. The lowest BCUT2D eigenvalue weighted by molar-refractivity contribution is -0.140. The molecule has 3 atom stereocenters. The molecule has 1 saturated heterocycles. The van der Waals surface area contributed by atoms with E-state index in [1.807, 2.05) is 54.6 Å². The number of nitrogens with one attached hydrogen (secondary N) is 2. The van der Waals surface area contributed by atoms with E-state index in [0.717, 1.165) is 48.2 Å². The summed E-state index contributed by atoms with van der Waals surface area (Å²) in [5, 5.41) is 14.9. The molecule has 1 aliphatic carbocycles. The number of rotatable bonds is 9. The van der Waals surface area contributed by atoms with Gasteiger partial charge in [-0.3, -0.25) is 14.5 Å². The van der Waals surface area contributed by atoms with Crippen LogP contribution in [0.2, 0.25) is 0 Å². The lowest BCUT2D eigenvalue weighted by atomic mass is 9.97. The average Bonchev–Trinajstić information content (AvgIpc) is 3.27. The Kier molecular flexibility index (Phi) is 8.45. The second-order valence-corrected chi connectivity index (χ2v) is 10.7. The summed E-state index contributed by atoms with van der Waals surface area (Å²) in [6.07, 6.45) is 0.143. The van der Waals surface area contributed by atoms with Crippen molar-refractivity contribution in [2.75, 3.05) is 13.2 Å². The van der Waals surface area contributed by atoms with E-state index < -0.39 is 30.4 Å². The van der Waals surface area contributed by atoms with Gasteiger partial charge in [0.1, 0.15) is 12.6 Å². The van der Waals surface area contributed by atoms with Gasteiger partial charge in [0.15, 0.2) is 0 Å². The molecule has 8 nitrogen and oxygen atoms in total. The van der Waals surface area contributed by atoms with Gasteiger partial charge in [0, 0.05) is 31.1 Å². The molecular weight excluding hydrogens is 506 g/mol. The number of alkyl carbamates (subject to hydrolysis) is 1. The Morgan fingerprint density at radius 1 is 0.950 bits per heavy atom. The third-order valence-electron chi connectivity index (χ3n) is 7.92. The van der Waals surface area contributed by atoms with Crippen molar-refractivity contribution >= 4 is 18.0 Å². The van der Waals surface area contributed by atoms with E-state index in [2.05, 4.69) is 46.7 Å². The number of ether oxygens (including phenoxy) is 1. The van der Waals surface area contributed by atoms with Crippen molar-refractivity contribution < 1.29 is 24.2 Å². The molecule has 8 heteroatoms. The SMILES string of the molecule is CC1CC(NC(=O)C(CC(=O)O)NC(=O)OCC2c3ccccc3-c3ccccc32)CCN1Cc1ccccc1. The summed E-state index contributed by atoms with van der Waals surface area (Å²) in [6.45, 7) is 3.86. The third-order valence-corrected chi connectivity index (χ3v) is 7.92. The van der Waals surface area contributed by atoms with Gasteiger partial charge in [0.05, 0.1) is 6.42 Å². The van der Waals surface area contributed by atoms with E-state index in [9.17, 15) is 19.5 Å². The Morgan fingerprint density at radius 2 is 1.57 bits per heavy atom. The zero-order valence-electron chi connectivity index (χ0n) is 22.6. The van der Waals surface area contributed by atoms with Crippen molar-refractivity contribution in [2.24, 2.45) is 0 Å². The molecule has 3 unspecified atom stereocenters. The summed E-state index contributed by atoms with van der Waals surface area (Å²) < 4.78 is 5.55. The molecule has 0 saturated carbocycles. The zero-order valence-corrected chi connectivity index (χ0v) is 22.6. The van der Waals surface area contributed by atoms with Crippen molar-refractivity contribution in [3.63, 3.8) is 0 Å². The van der Waals surface area contributed by atoms with Crippen LogP contribution in [0.5, 0.6) is 0 Å². The Balaban J connectivity index is 1.16. The third kappa shape index (κ3) is 6.34. The minimum absolute atomic E-state index is 0.0820. The van der Waals surface area contributed by atoms with Gasteiger partial charge in [-0.2, -0.15) is 0 Å². The zero-order chi connectivity index (χ0) is 28.1. The number of piperidine rings is 1. The number of carboxylic acid groups (broad SMARTS) is 1. The Labute approximate surface area is 234 Å². The van der Waals surface area contributed by atoms with Crippen LogP contribution in [-0.2, 0) is 20.9 Å². The summed E-state index contributed by atoms with van der Waals surface area (Å²) in [4.78, 5) is 39.8. The lowest BCUT2D eigenvalue weighted by Gasteiger charge is -2.38. The number of likely N-dealkylation sites (tertiary alicyclic amines) is 1. The van der Waals surface area contributed by atoms with Gasteiger partial charge in [-0.05, 0) is 47.6 Å². The van der Waals surface area contributed by atoms with Crippen LogP contribution in [0.15, 0.2) is 78.9 Å². The van der Waals surface area contributed by atoms with E-state index in [-0.39, 0.29) is 24.6 Å². The fourth-order valence-electron chi connectivity index (χ4n) is 5.87. The molecule has 1 heterocycles. The number of carbonyl (C=O) groups is 3. The topological polar surface area (TPSA) is 108 Å². The monoisotopic (exact) mass is 541 g/mol. The minimum Gasteiger partial charge on any atom is -0.481 e. The minimum atomic E-state index is -1.23. The molecule has 2 aliphatic rings. The van der Waals surface area contributed by atoms with Gasteiger partial charge < -0.3 is 20.5 Å². The van der Waals surface area contributed by atoms with Gasteiger partial charge in [-0.25, -0.2) is 4.79 Å². The number of hydrogen-bond acceptors (Lipinski definition) is 5. The van der Waals surface area contributed by atoms with Crippen molar-refractivity contribution in [3.05, 3.63) is 95.6 Å². The van der Waals surface area contributed by atoms with Crippen molar-refractivity contribution in [2.45, 2.75) is 56.8 Å². The highest BCUT2D eigenvalue weighted by molar-refractivity contribution is 5.89. The molecule has 208 valence electrons. The summed E-state index contributed by atoms with van der Waals surface area (Å²) in [5.74, 6) is -1.82. The fourth-order valence-corrected chi connectivity index (χ4v) is 5.87. The predicted molar refractivity (Wildman–Crippen MR) is 152 cm³/mol. The van der Waals surface area contributed by atoms with Crippen LogP contribution in [0.25, 0.3) is 11.1 Å². The summed E-state index contributed by atoms with van der Waals surface area (Å²) in [6, 6.07) is 25.2. The number of benzene rings is 3. The molecule has 0 bridgehead atoms. The van der Waals surface area contributed by atoms with Crippen LogP contribution in [0.3, 0.4) is 0 Å². The van der Waals surface area contributed by atoms with Crippen LogP contribution in [0.1, 0.15) is 48.8 Å². The van der Waals surface area contributed by atoms with Gasteiger partial charge in [-0.15, -0.1) is 0 Å². The number of amides is 2. The Morgan fingerprint density at radius 3 is 2.20 bits per heavy atom. The van der Waals surface area contributed by atoms with Crippen molar-refractivity contribution in [1.29, 1.82) is 0 Å². The van der Waals surface area contributed by atoms with Crippen LogP contribution < -0.4 is 10.6 Å². The number of hydrogen-bond donors (Lipinski definition) is 3. The quantitative estimate of drug-likeness (QED) is 0.367. The summed E-state index contributed by atoms with van der Waals surface area (Å²) in [5.41, 5.74) is 5.61. The number of carbonyl (C=O) groups excluding carboxylic acids is 2. The maximum absolute atomic E-state index is 13.1. The second kappa shape index (κ2) is 12.3. The van der Waals surface area contributed by atoms with Crippen molar-refractivity contribution in [1.82, 2.24) is 15.5 Å². The highest BCUT2D eigenvalue weighted by Gasteiger charge is 2.32. The van der Waals surface area contributed by atoms with Crippen molar-refractivity contribution in [3.8, 4) is 11.1 Å². The maximum atomic E-state index is 13.1. The fraction of sp³-hybridized carbons (Fsp3) is 0.344. The smallest absolute Gasteiger partial charge is 0.407 e. The number of aliphatic carboxylic acids is 1. The first-order chi connectivity index (χ1) is 19.4. The molecule has 40 heavy (non-hydrogen) atoms. The molecule has 2 amide bonds. The standard InChI is InChI=1S/C32H35N3O5/c1-21-17-23(15-16-35(21)19-22-9-3-2-4-10-22)33-31(38)29(18-30(36)37)34-32(39)40-20-28-26-13-7-5-11-24(26)25-12-6-8-14-27(25)28/h2-14,21,23,28-29H,15-20H2,1H3,(H,33,38)(H,34,39)(H,36,37). The van der Waals surface area contributed by atoms with E-state index >= 15 is 0 Å². The molecule has 3 aromatic rings. The molecule has 0 aromatic heterocycles. The first-order valence-corrected chi connectivity index (χ1v) is 13.8. The van der Waals surface area contributed by atoms with E-state index in [0.29, 0.717) is 0 Å². The van der Waals surface area contributed by atoms with Gasteiger partial charge in [0.25, 0.3) is 0 Å². The van der Waals surface area contributed by atoms with Gasteiger partial charge >= 0.3 is 12.1 Å². The van der Waals surface area contributed by atoms with Gasteiger partial charge in [0.2, 0.25) is 5.91 Å². The molecule has 3 aromatic carbocycles. The molecule has 1 aliphatic heterocycles. The van der Waals surface area contributed by atoms with E-state index in [1.165, 1.54) is 5.56 Å². The maximum Gasteiger partial charge on any atom is 0.407 e. The lowest BCUT2D eigenvalue weighted by Crippen LogP contribution is -2.54. The average molecular weight is 542 g/mol. The molecule has 3 N–H and O–H groups in total. The van der Waals surface area contributed by atoms with Crippen LogP contribution in [0.4, 0.5) is 4.79 Å². The van der Waals surface area contributed by atoms with E-state index in [1.54, 1.807) is 0 Å². The molecule has 0 spiro atoms.